The Morgan fingerprint density at radius 1 is 1.58 bits per heavy atom. The molecule has 0 aromatic heterocycles. The van der Waals surface area contributed by atoms with Gasteiger partial charge < -0.3 is 9.32 Å². The minimum Gasteiger partial charge on any atom is -0.361 e. The highest BCUT2D eigenvalue weighted by atomic mass is 31.0. The lowest BCUT2D eigenvalue weighted by molar-refractivity contribution is -0.113. The number of hydrogen-bond donors (Lipinski definition) is 0. The molecule has 0 saturated heterocycles. The van der Waals surface area contributed by atoms with E-state index in [0.29, 0.717) is 5.92 Å². The number of carbonyl (C=O) groups is 1. The van der Waals surface area contributed by atoms with Crippen LogP contribution in [0.25, 0.3) is 0 Å². The molecule has 0 aromatic carbocycles. The van der Waals surface area contributed by atoms with Gasteiger partial charge in [-0.05, 0) is 12.3 Å². The first-order valence-corrected chi connectivity index (χ1v) is 4.56. The van der Waals surface area contributed by atoms with Gasteiger partial charge in [0.05, 0.1) is 6.10 Å². The van der Waals surface area contributed by atoms with Crippen LogP contribution in [0.4, 0.5) is 0 Å². The summed E-state index contributed by atoms with van der Waals surface area (Å²) in [5.74, 6) is 0.276. The van der Waals surface area contributed by atoms with Crippen molar-refractivity contribution in [3.63, 3.8) is 0 Å². The lowest BCUT2D eigenvalue weighted by Crippen LogP contribution is -2.26. The molecule has 2 nitrogen and oxygen atoms in total. The van der Waals surface area contributed by atoms with Crippen molar-refractivity contribution in [3.05, 3.63) is 12.7 Å². The molecular weight excluding hydrogens is 171 g/mol. The van der Waals surface area contributed by atoms with E-state index in [4.69, 9.17) is 4.52 Å². The smallest absolute Gasteiger partial charge is 0.125 e. The molecule has 3 heteroatoms. The Labute approximate surface area is 76.7 Å². The Kier molecular flexibility index (Phi) is 6.23. The molecule has 12 heavy (non-hydrogen) atoms. The van der Waals surface area contributed by atoms with Gasteiger partial charge in [0.25, 0.3) is 0 Å². The lowest BCUT2D eigenvalue weighted by Gasteiger charge is -2.23. The van der Waals surface area contributed by atoms with Crippen LogP contribution in [0.15, 0.2) is 12.7 Å². The van der Waals surface area contributed by atoms with Crippen LogP contribution in [-0.4, -0.2) is 12.4 Å². The Bertz CT molecular complexity index is 147. The molecule has 0 aliphatic heterocycles. The molecule has 0 amide bonds. The summed E-state index contributed by atoms with van der Waals surface area (Å²) in [5, 5.41) is 0. The first-order valence-electron chi connectivity index (χ1n) is 4.09. The number of carbonyl (C=O) groups excluding carboxylic acids is 1. The van der Waals surface area contributed by atoms with Crippen molar-refractivity contribution in [2.75, 3.05) is 0 Å². The van der Waals surface area contributed by atoms with E-state index in [1.54, 1.807) is 0 Å². The van der Waals surface area contributed by atoms with Gasteiger partial charge in [0.2, 0.25) is 0 Å². The number of aldehydes is 1. The van der Waals surface area contributed by atoms with Gasteiger partial charge in [-0.1, -0.05) is 19.9 Å². The third-order valence-electron chi connectivity index (χ3n) is 1.99. The van der Waals surface area contributed by atoms with E-state index in [-0.39, 0.29) is 12.0 Å². The monoisotopic (exact) mass is 188 g/mol. The first kappa shape index (κ1) is 11.8. The van der Waals surface area contributed by atoms with Crippen LogP contribution < -0.4 is 0 Å². The molecule has 0 spiro atoms. The summed E-state index contributed by atoms with van der Waals surface area (Å²) in [7, 11) is 2.22. The van der Waals surface area contributed by atoms with Crippen LogP contribution in [0.1, 0.15) is 20.3 Å². The van der Waals surface area contributed by atoms with Crippen LogP contribution in [0.2, 0.25) is 0 Å². The molecule has 0 rings (SSSR count). The summed E-state index contributed by atoms with van der Waals surface area (Å²) in [6.07, 6.45) is 3.62. The first-order chi connectivity index (χ1) is 5.67. The highest BCUT2D eigenvalue weighted by Gasteiger charge is 2.21. The summed E-state index contributed by atoms with van der Waals surface area (Å²) in [5.41, 5.74) is 0. The van der Waals surface area contributed by atoms with E-state index >= 15 is 0 Å². The number of hydrogen-bond acceptors (Lipinski definition) is 2. The fraction of sp³-hybridized carbons (Fsp3) is 0.667. The average Bonchev–Trinajstić information content (AvgIpc) is 2.06. The minimum atomic E-state index is -0.0579. The summed E-state index contributed by atoms with van der Waals surface area (Å²) in [6, 6.07) is 0. The van der Waals surface area contributed by atoms with Gasteiger partial charge in [0.15, 0.2) is 0 Å². The Morgan fingerprint density at radius 3 is 2.50 bits per heavy atom. The highest BCUT2D eigenvalue weighted by molar-refractivity contribution is 7.09. The van der Waals surface area contributed by atoms with Crippen molar-refractivity contribution in [2.24, 2.45) is 11.8 Å². The Balaban J connectivity index is 4.11. The predicted molar refractivity (Wildman–Crippen MR) is 53.8 cm³/mol. The van der Waals surface area contributed by atoms with E-state index in [2.05, 4.69) is 23.0 Å². The summed E-state index contributed by atoms with van der Waals surface area (Å²) >= 11 is 0. The largest absolute Gasteiger partial charge is 0.361 e. The molecule has 0 radical (unpaired) electrons. The lowest BCUT2D eigenvalue weighted by atomic mass is 9.92. The maximum Gasteiger partial charge on any atom is 0.125 e. The summed E-state index contributed by atoms with van der Waals surface area (Å²) < 4.78 is 5.15. The number of allylic oxidation sites excluding steroid dienone is 1. The SMILES string of the molecule is C=CC[C@H](C)[C@H](OP)[C@@H](C)C=O. The van der Waals surface area contributed by atoms with Crippen molar-refractivity contribution < 1.29 is 9.32 Å². The van der Waals surface area contributed by atoms with Gasteiger partial charge >= 0.3 is 0 Å². The van der Waals surface area contributed by atoms with E-state index in [9.17, 15) is 4.79 Å². The van der Waals surface area contributed by atoms with Gasteiger partial charge in [-0.15, -0.1) is 6.58 Å². The highest BCUT2D eigenvalue weighted by Crippen LogP contribution is 2.20. The van der Waals surface area contributed by atoms with E-state index in [1.165, 1.54) is 0 Å². The third-order valence-corrected chi connectivity index (χ3v) is 2.30. The van der Waals surface area contributed by atoms with E-state index < -0.39 is 0 Å². The standard InChI is InChI=1S/C9H17O2P/c1-4-5-7(2)9(11-12)8(3)6-10/h4,6-9H,1,5,12H2,2-3H3/t7-,8-,9-/m0/s1. The normalized spacial score (nSPS) is 17.9. The molecule has 0 heterocycles. The van der Waals surface area contributed by atoms with Gasteiger partial charge in [0, 0.05) is 15.4 Å². The van der Waals surface area contributed by atoms with Crippen molar-refractivity contribution in [3.8, 4) is 0 Å². The second-order valence-corrected chi connectivity index (χ2v) is 3.37. The second-order valence-electron chi connectivity index (χ2n) is 3.10. The van der Waals surface area contributed by atoms with Gasteiger partial charge in [-0.25, -0.2) is 0 Å². The quantitative estimate of drug-likeness (QED) is 0.363. The third kappa shape index (κ3) is 3.46. The van der Waals surface area contributed by atoms with Crippen molar-refractivity contribution in [2.45, 2.75) is 26.4 Å². The molecule has 0 bridgehead atoms. The molecule has 70 valence electrons. The molecule has 1 unspecified atom stereocenters. The van der Waals surface area contributed by atoms with Crippen LogP contribution in [0.3, 0.4) is 0 Å². The average molecular weight is 188 g/mol. The predicted octanol–water partition coefficient (Wildman–Crippen LogP) is 2.21. The van der Waals surface area contributed by atoms with E-state index in [0.717, 1.165) is 12.7 Å². The molecule has 0 aliphatic carbocycles. The van der Waals surface area contributed by atoms with Gasteiger partial charge in [-0.2, -0.15) is 0 Å². The Hall–Kier alpha value is -0.200. The Morgan fingerprint density at radius 2 is 2.17 bits per heavy atom. The zero-order chi connectivity index (χ0) is 9.56. The van der Waals surface area contributed by atoms with Crippen molar-refractivity contribution in [1.82, 2.24) is 0 Å². The maximum atomic E-state index is 10.5. The fourth-order valence-electron chi connectivity index (χ4n) is 1.25. The molecule has 0 aliphatic rings. The summed E-state index contributed by atoms with van der Waals surface area (Å²) in [4.78, 5) is 10.5. The van der Waals surface area contributed by atoms with Crippen LogP contribution in [0.5, 0.6) is 0 Å². The second kappa shape index (κ2) is 6.33. The zero-order valence-electron chi connectivity index (χ0n) is 7.69. The van der Waals surface area contributed by atoms with Crippen LogP contribution in [-0.2, 0) is 9.32 Å². The summed E-state index contributed by atoms with van der Waals surface area (Å²) in [6.45, 7) is 7.57. The molecule has 0 saturated carbocycles. The van der Waals surface area contributed by atoms with Gasteiger partial charge in [0.1, 0.15) is 6.29 Å². The fourth-order valence-corrected chi connectivity index (χ4v) is 1.77. The molecule has 4 atom stereocenters. The topological polar surface area (TPSA) is 26.3 Å². The molecule has 0 N–H and O–H groups in total. The van der Waals surface area contributed by atoms with Crippen LogP contribution >= 0.6 is 9.47 Å². The van der Waals surface area contributed by atoms with Crippen molar-refractivity contribution in [1.29, 1.82) is 0 Å². The van der Waals surface area contributed by atoms with Gasteiger partial charge in [-0.3, -0.25) is 0 Å². The van der Waals surface area contributed by atoms with Crippen LogP contribution in [0, 0.1) is 11.8 Å². The zero-order valence-corrected chi connectivity index (χ0v) is 8.85. The molecular formula is C9H17O2P. The minimum absolute atomic E-state index is 0.0227. The van der Waals surface area contributed by atoms with Crippen molar-refractivity contribution >= 4 is 15.8 Å². The molecule has 0 fully saturated rings. The molecule has 0 aromatic rings. The number of rotatable bonds is 6. The van der Waals surface area contributed by atoms with E-state index in [1.807, 2.05) is 13.0 Å². The maximum absolute atomic E-state index is 10.5.